The molecule has 1 aliphatic heterocycles. The fourth-order valence-corrected chi connectivity index (χ4v) is 3.25. The fourth-order valence-electron chi connectivity index (χ4n) is 3.25. The van der Waals surface area contributed by atoms with Crippen molar-refractivity contribution in [2.75, 3.05) is 59.5 Å². The number of hydrogen-bond acceptors (Lipinski definition) is 6. The molecule has 0 radical (unpaired) electrons. The molecule has 0 aromatic heterocycles. The van der Waals surface area contributed by atoms with Crippen LogP contribution in [0.3, 0.4) is 0 Å². The molecule has 0 aliphatic carbocycles. The van der Waals surface area contributed by atoms with Crippen LogP contribution in [0.25, 0.3) is 0 Å². The molecule has 1 saturated heterocycles. The zero-order valence-corrected chi connectivity index (χ0v) is 26.3. The average molecular weight is 521 g/mol. The molecule has 6 heteroatoms. The summed E-state index contributed by atoms with van der Waals surface area (Å²) < 4.78 is 17.2. The van der Waals surface area contributed by atoms with Crippen LogP contribution in [0.1, 0.15) is 80.4 Å². The number of benzene rings is 1. The van der Waals surface area contributed by atoms with E-state index < -0.39 is 5.79 Å². The van der Waals surface area contributed by atoms with Crippen LogP contribution in [0, 0.1) is 12.3 Å². The van der Waals surface area contributed by atoms with Gasteiger partial charge in [0.2, 0.25) is 0 Å². The molecule has 0 unspecified atom stereocenters. The average Bonchev–Trinajstić information content (AvgIpc) is 2.89. The molecule has 1 aromatic carbocycles. The summed E-state index contributed by atoms with van der Waals surface area (Å²) in [7, 11) is 7.29. The summed E-state index contributed by atoms with van der Waals surface area (Å²) in [4.78, 5) is 13.6. The molecule has 0 atom stereocenters. The topological polar surface area (TPSA) is 51.2 Å². The summed E-state index contributed by atoms with van der Waals surface area (Å²) in [5.41, 5.74) is 3.25. The number of aldehydes is 1. The van der Waals surface area contributed by atoms with Crippen LogP contribution in [-0.2, 0) is 25.5 Å². The number of nitrogens with zero attached hydrogens (tertiary/aromatic N) is 2. The van der Waals surface area contributed by atoms with Gasteiger partial charge in [0.25, 0.3) is 0 Å². The molecular weight excluding hydrogens is 464 g/mol. The van der Waals surface area contributed by atoms with Crippen molar-refractivity contribution in [1.82, 2.24) is 4.90 Å². The second-order valence-electron chi connectivity index (χ2n) is 9.16. The van der Waals surface area contributed by atoms with Crippen molar-refractivity contribution >= 4 is 12.0 Å². The Morgan fingerprint density at radius 2 is 1.32 bits per heavy atom. The van der Waals surface area contributed by atoms with E-state index in [0.29, 0.717) is 0 Å². The Morgan fingerprint density at radius 1 is 0.919 bits per heavy atom. The molecule has 6 nitrogen and oxygen atoms in total. The van der Waals surface area contributed by atoms with Gasteiger partial charge >= 0.3 is 0 Å². The highest BCUT2D eigenvalue weighted by Crippen LogP contribution is 2.43. The monoisotopic (exact) mass is 520 g/mol. The predicted octanol–water partition coefficient (Wildman–Crippen LogP) is 6.66. The van der Waals surface area contributed by atoms with Crippen LogP contribution in [0.5, 0.6) is 5.75 Å². The van der Waals surface area contributed by atoms with E-state index in [4.69, 9.17) is 19.0 Å². The standard InChI is InChI=1S/C20H34N2O3.C4H8.C3H4.C2H4O.C2H6/c1-19(2,3)16-13-15(20(4,24-7)25-8)14-17(18(16)23-6)22-11-9-21(5)10-12-22;1-3-4-2;1-3-2;1-2-3;1-2/h13-14H,9-12H2,1-8H3;3-4H,1-2H3;1H,2H3;2H,1H3;1-2H3. The van der Waals surface area contributed by atoms with Crippen LogP contribution < -0.4 is 9.64 Å². The number of piperazine rings is 1. The van der Waals surface area contributed by atoms with Crippen molar-refractivity contribution in [3.05, 3.63) is 35.4 Å². The van der Waals surface area contributed by atoms with E-state index in [0.717, 1.165) is 49.5 Å². The van der Waals surface area contributed by atoms with Gasteiger partial charge in [0.15, 0.2) is 5.79 Å². The molecule has 0 bridgehead atoms. The lowest BCUT2D eigenvalue weighted by atomic mass is 9.83. The van der Waals surface area contributed by atoms with Crippen LogP contribution in [0.4, 0.5) is 5.69 Å². The summed E-state index contributed by atoms with van der Waals surface area (Å²) in [5, 5.41) is 0. The third-order valence-electron chi connectivity index (χ3n) is 5.56. The number of methoxy groups -OCH3 is 3. The zero-order valence-electron chi connectivity index (χ0n) is 26.3. The van der Waals surface area contributed by atoms with Gasteiger partial charge < -0.3 is 28.8 Å². The van der Waals surface area contributed by atoms with Gasteiger partial charge in [-0.05, 0) is 59.2 Å². The predicted molar refractivity (Wildman–Crippen MR) is 161 cm³/mol. The van der Waals surface area contributed by atoms with Crippen molar-refractivity contribution in [3.63, 3.8) is 0 Å². The summed E-state index contributed by atoms with van der Waals surface area (Å²) in [5.74, 6) is 2.42. The molecule has 1 aliphatic rings. The first kappa shape index (κ1) is 39.2. The number of carbonyl (C=O) groups excluding carboxylic acids is 1. The maximum atomic E-state index is 8.81. The van der Waals surface area contributed by atoms with E-state index >= 15 is 0 Å². The molecule has 0 spiro atoms. The Bertz CT molecular complexity index is 776. The summed E-state index contributed by atoms with van der Waals surface area (Å²) in [6.45, 7) is 23.7. The normalized spacial score (nSPS) is 13.3. The van der Waals surface area contributed by atoms with Crippen molar-refractivity contribution < 1.29 is 19.0 Å². The van der Waals surface area contributed by atoms with E-state index in [2.05, 4.69) is 62.1 Å². The third-order valence-corrected chi connectivity index (χ3v) is 5.56. The van der Waals surface area contributed by atoms with Crippen molar-refractivity contribution in [3.8, 4) is 18.1 Å². The largest absolute Gasteiger partial charge is 0.494 e. The Hall–Kier alpha value is -2.33. The number of likely N-dealkylation sites (N-methyl/N-ethyl adjacent to an activating group) is 1. The Labute approximate surface area is 229 Å². The van der Waals surface area contributed by atoms with E-state index in [1.54, 1.807) is 28.3 Å². The first-order valence-corrected chi connectivity index (χ1v) is 13.0. The van der Waals surface area contributed by atoms with E-state index in [9.17, 15) is 0 Å². The number of allylic oxidation sites excluding steroid dienone is 2. The number of anilines is 1. The number of carbonyl (C=O) groups is 1. The van der Waals surface area contributed by atoms with Crippen molar-refractivity contribution in [1.29, 1.82) is 0 Å². The van der Waals surface area contributed by atoms with Crippen LogP contribution in [0.15, 0.2) is 24.3 Å². The third kappa shape index (κ3) is 14.3. The second kappa shape index (κ2) is 21.7. The molecular formula is C31H56N2O4. The van der Waals surface area contributed by atoms with Gasteiger partial charge in [-0.2, -0.15) is 0 Å². The Balaban J connectivity index is -0.000000817. The molecule has 214 valence electrons. The summed E-state index contributed by atoms with van der Waals surface area (Å²) >= 11 is 0. The minimum absolute atomic E-state index is 0.0505. The van der Waals surface area contributed by atoms with Gasteiger partial charge in [-0.3, -0.25) is 0 Å². The second-order valence-corrected chi connectivity index (χ2v) is 9.16. The maximum Gasteiger partial charge on any atom is 0.191 e. The zero-order chi connectivity index (χ0) is 29.7. The van der Waals surface area contributed by atoms with E-state index in [1.807, 2.05) is 46.8 Å². The molecule has 0 amide bonds. The first-order chi connectivity index (χ1) is 17.4. The lowest BCUT2D eigenvalue weighted by Crippen LogP contribution is -2.45. The number of hydrogen-bond donors (Lipinski definition) is 0. The van der Waals surface area contributed by atoms with Crippen molar-refractivity contribution in [2.24, 2.45) is 0 Å². The number of terminal acetylenes is 1. The minimum Gasteiger partial charge on any atom is -0.494 e. The SMILES string of the molecule is C#CC.CC.CC=CC.CC=O.COc1c(N2CCN(C)CC2)cc(C(C)(OC)OC)cc1C(C)(C)C. The molecule has 1 aromatic rings. The maximum absolute atomic E-state index is 8.81. The lowest BCUT2D eigenvalue weighted by molar-refractivity contribution is -0.201. The molecule has 1 fully saturated rings. The molecule has 37 heavy (non-hydrogen) atoms. The summed E-state index contributed by atoms with van der Waals surface area (Å²) in [6.07, 6.45) is 9.35. The van der Waals surface area contributed by atoms with Gasteiger partial charge in [-0.25, -0.2) is 0 Å². The Kier molecular flexibility index (Phi) is 23.0. The van der Waals surface area contributed by atoms with Gasteiger partial charge in [0.1, 0.15) is 12.0 Å². The van der Waals surface area contributed by atoms with Crippen molar-refractivity contribution in [2.45, 2.75) is 80.4 Å². The lowest BCUT2D eigenvalue weighted by Gasteiger charge is -2.38. The molecule has 0 N–H and O–H groups in total. The quantitative estimate of drug-likeness (QED) is 0.187. The van der Waals surface area contributed by atoms with Gasteiger partial charge in [0, 0.05) is 51.5 Å². The van der Waals surface area contributed by atoms with E-state index in [-0.39, 0.29) is 5.41 Å². The highest BCUT2D eigenvalue weighted by Gasteiger charge is 2.32. The van der Waals surface area contributed by atoms with Gasteiger partial charge in [0.05, 0.1) is 12.8 Å². The van der Waals surface area contributed by atoms with Crippen LogP contribution in [0.2, 0.25) is 0 Å². The molecule has 1 heterocycles. The first-order valence-electron chi connectivity index (χ1n) is 13.0. The molecule has 0 saturated carbocycles. The van der Waals surface area contributed by atoms with Gasteiger partial charge in [-0.15, -0.1) is 12.3 Å². The van der Waals surface area contributed by atoms with E-state index in [1.165, 1.54) is 12.5 Å². The summed E-state index contributed by atoms with van der Waals surface area (Å²) in [6, 6.07) is 4.32. The smallest absolute Gasteiger partial charge is 0.191 e. The Morgan fingerprint density at radius 3 is 1.62 bits per heavy atom. The highest BCUT2D eigenvalue weighted by molar-refractivity contribution is 5.66. The fraction of sp³-hybridized carbons (Fsp3) is 0.645. The van der Waals surface area contributed by atoms with Gasteiger partial charge in [-0.1, -0.05) is 46.8 Å². The number of ether oxygens (including phenoxy) is 3. The molecule has 2 rings (SSSR count). The minimum atomic E-state index is -0.784. The van der Waals surface area contributed by atoms with Crippen LogP contribution in [-0.4, -0.2) is 65.7 Å². The highest BCUT2D eigenvalue weighted by atomic mass is 16.7. The number of rotatable bonds is 5. The van der Waals surface area contributed by atoms with Crippen LogP contribution >= 0.6 is 0 Å².